The van der Waals surface area contributed by atoms with Crippen LogP contribution in [0.15, 0.2) is 18.2 Å². The van der Waals surface area contributed by atoms with Gasteiger partial charge in [0.1, 0.15) is 0 Å². The van der Waals surface area contributed by atoms with Crippen LogP contribution in [0.1, 0.15) is 13.3 Å². The summed E-state index contributed by atoms with van der Waals surface area (Å²) in [5.74, 6) is 1.86. The largest absolute Gasteiger partial charge is 0.454 e. The highest BCUT2D eigenvalue weighted by Crippen LogP contribution is 2.35. The van der Waals surface area contributed by atoms with E-state index in [0.717, 1.165) is 43.4 Å². The number of piperazine rings is 1. The highest BCUT2D eigenvalue weighted by molar-refractivity contribution is 5.76. The van der Waals surface area contributed by atoms with Crippen LogP contribution < -0.4 is 14.4 Å². The van der Waals surface area contributed by atoms with Gasteiger partial charge >= 0.3 is 0 Å². The van der Waals surface area contributed by atoms with Crippen molar-refractivity contribution in [2.45, 2.75) is 13.3 Å². The molecule has 0 aliphatic carbocycles. The average Bonchev–Trinajstić information content (AvgIpc) is 2.94. The number of ether oxygens (including phenoxy) is 2. The number of carbonyl (C=O) groups is 1. The van der Waals surface area contributed by atoms with E-state index in [2.05, 4.69) is 4.90 Å². The SMILES string of the molecule is CCC(=O)N1CCN(c2ccc3c(c2)OCO3)CC1. The van der Waals surface area contributed by atoms with Crippen LogP contribution in [0.3, 0.4) is 0 Å². The Balaban J connectivity index is 1.67. The molecule has 3 rings (SSSR count). The van der Waals surface area contributed by atoms with Crippen molar-refractivity contribution in [3.05, 3.63) is 18.2 Å². The lowest BCUT2D eigenvalue weighted by molar-refractivity contribution is -0.131. The van der Waals surface area contributed by atoms with Crippen molar-refractivity contribution in [1.29, 1.82) is 0 Å². The Morgan fingerprint density at radius 1 is 1.16 bits per heavy atom. The van der Waals surface area contributed by atoms with Gasteiger partial charge in [0.05, 0.1) is 0 Å². The summed E-state index contributed by atoms with van der Waals surface area (Å²) in [6, 6.07) is 6.01. The second-order valence-electron chi connectivity index (χ2n) is 4.76. The van der Waals surface area contributed by atoms with Crippen LogP contribution in [0, 0.1) is 0 Å². The van der Waals surface area contributed by atoms with Gasteiger partial charge in [-0.2, -0.15) is 0 Å². The summed E-state index contributed by atoms with van der Waals surface area (Å²) < 4.78 is 10.7. The number of amides is 1. The summed E-state index contributed by atoms with van der Waals surface area (Å²) in [6.07, 6.45) is 0.587. The third-order valence-corrected chi connectivity index (χ3v) is 3.66. The first-order chi connectivity index (χ1) is 9.28. The predicted octanol–water partition coefficient (Wildman–Crippen LogP) is 1.47. The zero-order valence-electron chi connectivity index (χ0n) is 11.1. The van der Waals surface area contributed by atoms with Gasteiger partial charge in [-0.05, 0) is 12.1 Å². The second kappa shape index (κ2) is 4.99. The molecule has 2 aliphatic rings. The van der Waals surface area contributed by atoms with Crippen LogP contribution in [0.25, 0.3) is 0 Å². The predicted molar refractivity (Wildman–Crippen MR) is 71.6 cm³/mol. The van der Waals surface area contributed by atoms with Crippen molar-refractivity contribution >= 4 is 11.6 Å². The standard InChI is InChI=1S/C14H18N2O3/c1-2-14(17)16-7-5-15(6-8-16)11-3-4-12-13(9-11)19-10-18-12/h3-4,9H,2,5-8,10H2,1H3. The second-order valence-corrected chi connectivity index (χ2v) is 4.76. The number of nitrogens with zero attached hydrogens (tertiary/aromatic N) is 2. The molecule has 0 spiro atoms. The minimum Gasteiger partial charge on any atom is -0.454 e. The Kier molecular flexibility index (Phi) is 3.19. The van der Waals surface area contributed by atoms with Crippen LogP contribution in [0.2, 0.25) is 0 Å². The molecule has 5 nitrogen and oxygen atoms in total. The lowest BCUT2D eigenvalue weighted by atomic mass is 10.2. The van der Waals surface area contributed by atoms with E-state index in [0.29, 0.717) is 13.2 Å². The maximum atomic E-state index is 11.6. The first-order valence-electron chi connectivity index (χ1n) is 6.70. The van der Waals surface area contributed by atoms with Crippen molar-refractivity contribution < 1.29 is 14.3 Å². The molecule has 0 aromatic heterocycles. The fourth-order valence-electron chi connectivity index (χ4n) is 2.52. The molecule has 0 radical (unpaired) electrons. The van der Waals surface area contributed by atoms with Crippen molar-refractivity contribution in [2.75, 3.05) is 37.9 Å². The van der Waals surface area contributed by atoms with Gasteiger partial charge in [0.25, 0.3) is 0 Å². The van der Waals surface area contributed by atoms with E-state index >= 15 is 0 Å². The minimum absolute atomic E-state index is 0.241. The van der Waals surface area contributed by atoms with Gasteiger partial charge in [-0.1, -0.05) is 6.92 Å². The summed E-state index contributed by atoms with van der Waals surface area (Å²) in [4.78, 5) is 15.8. The molecule has 5 heteroatoms. The highest BCUT2D eigenvalue weighted by Gasteiger charge is 2.22. The van der Waals surface area contributed by atoms with Crippen LogP contribution >= 0.6 is 0 Å². The lowest BCUT2D eigenvalue weighted by Gasteiger charge is -2.36. The van der Waals surface area contributed by atoms with Gasteiger partial charge in [-0.3, -0.25) is 4.79 Å². The van der Waals surface area contributed by atoms with Crippen molar-refractivity contribution in [3.8, 4) is 11.5 Å². The molecule has 0 N–H and O–H groups in total. The zero-order chi connectivity index (χ0) is 13.2. The molecule has 1 aromatic carbocycles. The summed E-state index contributed by atoms with van der Waals surface area (Å²) >= 11 is 0. The number of carbonyl (C=O) groups excluding carboxylic acids is 1. The molecule has 0 bridgehead atoms. The summed E-state index contributed by atoms with van der Waals surface area (Å²) in [6.45, 7) is 5.53. The van der Waals surface area contributed by atoms with E-state index in [4.69, 9.17) is 9.47 Å². The highest BCUT2D eigenvalue weighted by atomic mass is 16.7. The van der Waals surface area contributed by atoms with Crippen LogP contribution in [-0.2, 0) is 4.79 Å². The molecule has 1 saturated heterocycles. The van der Waals surface area contributed by atoms with Gasteiger partial charge in [0.15, 0.2) is 11.5 Å². The molecule has 0 saturated carbocycles. The maximum Gasteiger partial charge on any atom is 0.231 e. The molecule has 1 aromatic rings. The smallest absolute Gasteiger partial charge is 0.231 e. The van der Waals surface area contributed by atoms with Gasteiger partial charge < -0.3 is 19.3 Å². The molecule has 2 heterocycles. The molecule has 0 unspecified atom stereocenters. The molecular formula is C14H18N2O3. The number of hydrogen-bond acceptors (Lipinski definition) is 4. The topological polar surface area (TPSA) is 42.0 Å². The maximum absolute atomic E-state index is 11.6. The van der Waals surface area contributed by atoms with Gasteiger partial charge in [-0.25, -0.2) is 0 Å². The van der Waals surface area contributed by atoms with E-state index in [1.807, 2.05) is 30.0 Å². The molecule has 2 aliphatic heterocycles. The normalized spacial score (nSPS) is 17.7. The minimum atomic E-state index is 0.241. The lowest BCUT2D eigenvalue weighted by Crippen LogP contribution is -2.48. The van der Waals surface area contributed by atoms with Crippen LogP contribution in [-0.4, -0.2) is 43.8 Å². The van der Waals surface area contributed by atoms with E-state index in [1.165, 1.54) is 0 Å². The molecule has 1 amide bonds. The average molecular weight is 262 g/mol. The number of benzene rings is 1. The number of anilines is 1. The fraction of sp³-hybridized carbons (Fsp3) is 0.500. The quantitative estimate of drug-likeness (QED) is 0.809. The summed E-state index contributed by atoms with van der Waals surface area (Å²) in [7, 11) is 0. The molecule has 102 valence electrons. The Morgan fingerprint density at radius 2 is 1.89 bits per heavy atom. The molecular weight excluding hydrogens is 244 g/mol. The first kappa shape index (κ1) is 12.1. The number of rotatable bonds is 2. The van der Waals surface area contributed by atoms with Gasteiger partial charge in [0, 0.05) is 44.4 Å². The number of hydrogen-bond donors (Lipinski definition) is 0. The Bertz CT molecular complexity index is 482. The number of fused-ring (bicyclic) bond motifs is 1. The summed E-state index contributed by atoms with van der Waals surface area (Å²) in [5, 5.41) is 0. The monoisotopic (exact) mass is 262 g/mol. The molecule has 0 atom stereocenters. The van der Waals surface area contributed by atoms with E-state index in [9.17, 15) is 4.79 Å². The van der Waals surface area contributed by atoms with Crippen LogP contribution in [0.5, 0.6) is 11.5 Å². The Morgan fingerprint density at radius 3 is 2.63 bits per heavy atom. The third-order valence-electron chi connectivity index (χ3n) is 3.66. The van der Waals surface area contributed by atoms with E-state index < -0.39 is 0 Å². The van der Waals surface area contributed by atoms with Crippen molar-refractivity contribution in [3.63, 3.8) is 0 Å². The van der Waals surface area contributed by atoms with Crippen molar-refractivity contribution in [1.82, 2.24) is 4.90 Å². The zero-order valence-corrected chi connectivity index (χ0v) is 11.1. The van der Waals surface area contributed by atoms with E-state index in [-0.39, 0.29) is 5.91 Å². The Labute approximate surface area is 112 Å². The fourth-order valence-corrected chi connectivity index (χ4v) is 2.52. The van der Waals surface area contributed by atoms with Gasteiger partial charge in [0.2, 0.25) is 12.7 Å². The first-order valence-corrected chi connectivity index (χ1v) is 6.70. The van der Waals surface area contributed by atoms with Crippen molar-refractivity contribution in [2.24, 2.45) is 0 Å². The summed E-state index contributed by atoms with van der Waals surface area (Å²) in [5.41, 5.74) is 1.13. The third kappa shape index (κ3) is 2.32. The van der Waals surface area contributed by atoms with Gasteiger partial charge in [-0.15, -0.1) is 0 Å². The van der Waals surface area contributed by atoms with Crippen LogP contribution in [0.4, 0.5) is 5.69 Å². The Hall–Kier alpha value is -1.91. The van der Waals surface area contributed by atoms with E-state index in [1.54, 1.807) is 0 Å². The molecule has 19 heavy (non-hydrogen) atoms. The molecule has 1 fully saturated rings.